The van der Waals surface area contributed by atoms with Gasteiger partial charge in [0, 0.05) is 0 Å². The number of aromatic nitrogens is 2. The molecule has 0 aliphatic rings. The van der Waals surface area contributed by atoms with E-state index in [-0.39, 0.29) is 16.7 Å². The van der Waals surface area contributed by atoms with Crippen molar-refractivity contribution in [3.05, 3.63) is 17.0 Å². The van der Waals surface area contributed by atoms with Crippen LogP contribution in [0.4, 0.5) is 5.82 Å². The number of nitrogen functional groups attached to an aromatic ring is 1. The Labute approximate surface area is 96.1 Å². The molecule has 88 valence electrons. The molecule has 0 aliphatic carbocycles. The van der Waals surface area contributed by atoms with Gasteiger partial charge in [0.05, 0.1) is 18.7 Å². The predicted molar refractivity (Wildman–Crippen MR) is 56.2 cm³/mol. The molecule has 1 amide bonds. The van der Waals surface area contributed by atoms with Gasteiger partial charge in [-0.1, -0.05) is 11.6 Å². The first-order chi connectivity index (χ1) is 7.41. The van der Waals surface area contributed by atoms with E-state index in [9.17, 15) is 15.0 Å². The third-order valence-corrected chi connectivity index (χ3v) is 2.11. The standard InChI is InChI=1S/C8H11ClN4O3/c9-8-6(12-2-4(10)13-8)7(16)3(14)1-5(11)15/h2-3,7,14,16H,1H2,(H2,10,13)(H2,11,15). The summed E-state index contributed by atoms with van der Waals surface area (Å²) in [6.07, 6.45) is -2.04. The monoisotopic (exact) mass is 246 g/mol. The van der Waals surface area contributed by atoms with Gasteiger partial charge >= 0.3 is 0 Å². The first-order valence-corrected chi connectivity index (χ1v) is 4.72. The SMILES string of the molecule is NC(=O)CC(O)C(O)c1ncc(N)nc1Cl. The number of hydrogen-bond donors (Lipinski definition) is 4. The Balaban J connectivity index is 2.87. The molecule has 1 rings (SSSR count). The summed E-state index contributed by atoms with van der Waals surface area (Å²) in [5.41, 5.74) is 10.1. The Morgan fingerprint density at radius 1 is 1.56 bits per heavy atom. The van der Waals surface area contributed by atoms with Gasteiger partial charge in [-0.15, -0.1) is 0 Å². The highest BCUT2D eigenvalue weighted by molar-refractivity contribution is 6.30. The highest BCUT2D eigenvalue weighted by atomic mass is 35.5. The molecule has 16 heavy (non-hydrogen) atoms. The van der Waals surface area contributed by atoms with Crippen molar-refractivity contribution in [2.45, 2.75) is 18.6 Å². The Bertz CT molecular complexity index is 401. The van der Waals surface area contributed by atoms with E-state index in [0.29, 0.717) is 0 Å². The molecule has 2 atom stereocenters. The highest BCUT2D eigenvalue weighted by Crippen LogP contribution is 2.23. The topological polar surface area (TPSA) is 135 Å². The molecule has 0 spiro atoms. The van der Waals surface area contributed by atoms with Crippen LogP contribution in [-0.4, -0.2) is 32.2 Å². The molecule has 1 aromatic rings. The Kier molecular flexibility index (Phi) is 3.99. The van der Waals surface area contributed by atoms with Crippen LogP contribution in [0.15, 0.2) is 6.20 Å². The lowest BCUT2D eigenvalue weighted by molar-refractivity contribution is -0.121. The molecule has 2 unspecified atom stereocenters. The zero-order valence-electron chi connectivity index (χ0n) is 8.17. The number of carbonyl (C=O) groups is 1. The lowest BCUT2D eigenvalue weighted by atomic mass is 10.1. The third kappa shape index (κ3) is 3.02. The summed E-state index contributed by atoms with van der Waals surface area (Å²) in [5.74, 6) is -0.656. The molecule has 0 aliphatic heterocycles. The van der Waals surface area contributed by atoms with Crippen molar-refractivity contribution in [1.29, 1.82) is 0 Å². The second-order valence-corrected chi connectivity index (χ2v) is 3.51. The Morgan fingerprint density at radius 2 is 2.19 bits per heavy atom. The quantitative estimate of drug-likeness (QED) is 0.537. The number of halogens is 1. The fourth-order valence-corrected chi connectivity index (χ4v) is 1.34. The average molecular weight is 247 g/mol. The van der Waals surface area contributed by atoms with Gasteiger partial charge < -0.3 is 21.7 Å². The van der Waals surface area contributed by atoms with E-state index < -0.39 is 24.5 Å². The fraction of sp³-hybridized carbons (Fsp3) is 0.375. The van der Waals surface area contributed by atoms with E-state index in [1.165, 1.54) is 6.20 Å². The summed E-state index contributed by atoms with van der Waals surface area (Å²) in [7, 11) is 0. The minimum Gasteiger partial charge on any atom is -0.389 e. The van der Waals surface area contributed by atoms with Gasteiger partial charge in [-0.25, -0.2) is 4.98 Å². The number of nitrogens with zero attached hydrogens (tertiary/aromatic N) is 2. The molecule has 0 radical (unpaired) electrons. The molecule has 1 heterocycles. The summed E-state index contributed by atoms with van der Waals surface area (Å²) >= 11 is 5.66. The minimum atomic E-state index is -1.44. The lowest BCUT2D eigenvalue weighted by Gasteiger charge is -2.16. The van der Waals surface area contributed by atoms with Crippen LogP contribution in [0.3, 0.4) is 0 Å². The van der Waals surface area contributed by atoms with E-state index in [1.807, 2.05) is 0 Å². The molecule has 7 nitrogen and oxygen atoms in total. The van der Waals surface area contributed by atoms with Gasteiger partial charge in [-0.2, -0.15) is 0 Å². The van der Waals surface area contributed by atoms with Crippen molar-refractivity contribution in [3.8, 4) is 0 Å². The van der Waals surface area contributed by atoms with Crippen LogP contribution in [0.2, 0.25) is 5.15 Å². The first kappa shape index (κ1) is 12.6. The number of aliphatic hydroxyl groups excluding tert-OH is 2. The van der Waals surface area contributed by atoms with Crippen molar-refractivity contribution in [1.82, 2.24) is 9.97 Å². The average Bonchev–Trinajstić information content (AvgIpc) is 2.15. The van der Waals surface area contributed by atoms with Crippen molar-refractivity contribution < 1.29 is 15.0 Å². The summed E-state index contributed by atoms with van der Waals surface area (Å²) in [6.45, 7) is 0. The summed E-state index contributed by atoms with van der Waals surface area (Å²) in [5, 5.41) is 18.9. The molecule has 6 N–H and O–H groups in total. The van der Waals surface area contributed by atoms with Crippen LogP contribution in [0.1, 0.15) is 18.2 Å². The normalized spacial score (nSPS) is 14.4. The number of anilines is 1. The van der Waals surface area contributed by atoms with Crippen LogP contribution in [0.5, 0.6) is 0 Å². The van der Waals surface area contributed by atoms with Crippen molar-refractivity contribution in [2.75, 3.05) is 5.73 Å². The van der Waals surface area contributed by atoms with Gasteiger partial charge in [-0.3, -0.25) is 9.78 Å². The highest BCUT2D eigenvalue weighted by Gasteiger charge is 2.24. The van der Waals surface area contributed by atoms with Gasteiger partial charge in [0.15, 0.2) is 5.15 Å². The fourth-order valence-electron chi connectivity index (χ4n) is 1.09. The smallest absolute Gasteiger partial charge is 0.220 e. The van der Waals surface area contributed by atoms with E-state index in [0.717, 1.165) is 0 Å². The van der Waals surface area contributed by atoms with E-state index in [4.69, 9.17) is 23.1 Å². The number of primary amides is 1. The van der Waals surface area contributed by atoms with E-state index in [1.54, 1.807) is 0 Å². The minimum absolute atomic E-state index is 0.0513. The van der Waals surface area contributed by atoms with Crippen molar-refractivity contribution >= 4 is 23.3 Å². The van der Waals surface area contributed by atoms with Gasteiger partial charge in [0.25, 0.3) is 0 Å². The third-order valence-electron chi connectivity index (χ3n) is 1.83. The summed E-state index contributed by atoms with van der Waals surface area (Å²) in [4.78, 5) is 17.9. The van der Waals surface area contributed by atoms with Crippen LogP contribution in [0, 0.1) is 0 Å². The number of aliphatic hydroxyl groups is 2. The second-order valence-electron chi connectivity index (χ2n) is 3.15. The molecule has 1 aromatic heterocycles. The molecule has 0 saturated carbocycles. The van der Waals surface area contributed by atoms with Crippen LogP contribution >= 0.6 is 11.6 Å². The number of rotatable bonds is 4. The maximum Gasteiger partial charge on any atom is 0.220 e. The molecule has 0 saturated heterocycles. The molecule has 0 fully saturated rings. The summed E-state index contributed by atoms with van der Waals surface area (Å²) in [6, 6.07) is 0. The zero-order valence-corrected chi connectivity index (χ0v) is 8.92. The van der Waals surface area contributed by atoms with Crippen LogP contribution < -0.4 is 11.5 Å². The van der Waals surface area contributed by atoms with Gasteiger partial charge in [0.1, 0.15) is 17.6 Å². The Hall–Kier alpha value is -1.44. The lowest BCUT2D eigenvalue weighted by Crippen LogP contribution is -2.26. The molecular formula is C8H11ClN4O3. The number of carbonyl (C=O) groups excluding carboxylic acids is 1. The largest absolute Gasteiger partial charge is 0.389 e. The number of hydrogen-bond acceptors (Lipinski definition) is 6. The number of amides is 1. The molecule has 0 aromatic carbocycles. The maximum atomic E-state index is 10.5. The van der Waals surface area contributed by atoms with Crippen LogP contribution in [0.25, 0.3) is 0 Å². The van der Waals surface area contributed by atoms with E-state index >= 15 is 0 Å². The van der Waals surface area contributed by atoms with Gasteiger partial charge in [0.2, 0.25) is 5.91 Å². The van der Waals surface area contributed by atoms with Crippen LogP contribution in [-0.2, 0) is 4.79 Å². The first-order valence-electron chi connectivity index (χ1n) is 4.34. The van der Waals surface area contributed by atoms with Gasteiger partial charge in [-0.05, 0) is 0 Å². The van der Waals surface area contributed by atoms with Crippen molar-refractivity contribution in [3.63, 3.8) is 0 Å². The van der Waals surface area contributed by atoms with E-state index in [2.05, 4.69) is 9.97 Å². The van der Waals surface area contributed by atoms with Crippen molar-refractivity contribution in [2.24, 2.45) is 5.73 Å². The summed E-state index contributed by atoms with van der Waals surface area (Å²) < 4.78 is 0. The zero-order chi connectivity index (χ0) is 12.3. The number of nitrogens with two attached hydrogens (primary N) is 2. The Morgan fingerprint density at radius 3 is 2.69 bits per heavy atom. The second kappa shape index (κ2) is 5.06. The predicted octanol–water partition coefficient (Wildman–Crippen LogP) is -1.02. The molecule has 0 bridgehead atoms. The molecular weight excluding hydrogens is 236 g/mol. The maximum absolute atomic E-state index is 10.5. The molecule has 8 heteroatoms.